The molecule has 0 bridgehead atoms. The van der Waals surface area contributed by atoms with Crippen molar-refractivity contribution in [2.45, 2.75) is 6.42 Å². The Labute approximate surface area is 110 Å². The van der Waals surface area contributed by atoms with Crippen molar-refractivity contribution in [3.05, 3.63) is 48.3 Å². The average Bonchev–Trinajstić information content (AvgIpc) is 2.40. The van der Waals surface area contributed by atoms with Crippen LogP contribution in [0.2, 0.25) is 0 Å². The largest absolute Gasteiger partial charge is 0.497 e. The van der Waals surface area contributed by atoms with E-state index in [1.165, 1.54) is 0 Å². The average molecular weight is 292 g/mol. The van der Waals surface area contributed by atoms with E-state index in [2.05, 4.69) is 33.0 Å². The number of alkyl halides is 1. The lowest BCUT2D eigenvalue weighted by atomic mass is 10.1. The van der Waals surface area contributed by atoms with E-state index in [1.54, 1.807) is 7.11 Å². The number of rotatable bonds is 4. The Morgan fingerprint density at radius 2 is 1.76 bits per heavy atom. The first kappa shape index (κ1) is 12.1. The van der Waals surface area contributed by atoms with Gasteiger partial charge in [0.1, 0.15) is 5.75 Å². The Morgan fingerprint density at radius 1 is 1.06 bits per heavy atom. The first-order chi connectivity index (χ1) is 8.33. The van der Waals surface area contributed by atoms with Crippen LogP contribution < -0.4 is 4.74 Å². The molecule has 0 aliphatic heterocycles. The highest BCUT2D eigenvalue weighted by molar-refractivity contribution is 9.09. The maximum atomic E-state index is 5.14. The monoisotopic (exact) mass is 291 g/mol. The summed E-state index contributed by atoms with van der Waals surface area (Å²) in [5.41, 5.74) is 3.40. The van der Waals surface area contributed by atoms with Crippen LogP contribution in [0.4, 0.5) is 0 Å². The van der Waals surface area contributed by atoms with Crippen molar-refractivity contribution >= 4 is 15.9 Å². The van der Waals surface area contributed by atoms with Crippen molar-refractivity contribution in [1.29, 1.82) is 0 Å². The lowest BCUT2D eigenvalue weighted by molar-refractivity contribution is 0.415. The summed E-state index contributed by atoms with van der Waals surface area (Å²) < 4.78 is 5.14. The van der Waals surface area contributed by atoms with Crippen LogP contribution in [0.1, 0.15) is 5.69 Å². The Morgan fingerprint density at radius 3 is 2.29 bits per heavy atom. The van der Waals surface area contributed by atoms with E-state index in [9.17, 15) is 0 Å². The highest BCUT2D eigenvalue weighted by Gasteiger charge is 1.99. The van der Waals surface area contributed by atoms with Crippen LogP contribution in [0.15, 0.2) is 42.6 Å². The van der Waals surface area contributed by atoms with Gasteiger partial charge in [-0.2, -0.15) is 0 Å². The highest BCUT2D eigenvalue weighted by atomic mass is 79.9. The molecule has 0 fully saturated rings. The normalized spacial score (nSPS) is 10.2. The molecule has 1 aromatic heterocycles. The molecule has 88 valence electrons. The predicted molar refractivity (Wildman–Crippen MR) is 73.7 cm³/mol. The molecule has 0 atom stereocenters. The lowest BCUT2D eigenvalue weighted by Gasteiger charge is -2.04. The van der Waals surface area contributed by atoms with Gasteiger partial charge in [0.2, 0.25) is 0 Å². The van der Waals surface area contributed by atoms with Crippen LogP contribution in [-0.4, -0.2) is 17.4 Å². The topological polar surface area (TPSA) is 22.1 Å². The zero-order valence-electron chi connectivity index (χ0n) is 9.69. The third-order valence-electron chi connectivity index (χ3n) is 2.60. The number of hydrogen-bond donors (Lipinski definition) is 0. The molecule has 1 aromatic carbocycles. The van der Waals surface area contributed by atoms with Crippen molar-refractivity contribution < 1.29 is 4.74 Å². The summed E-state index contributed by atoms with van der Waals surface area (Å²) in [7, 11) is 1.67. The van der Waals surface area contributed by atoms with Gasteiger partial charge in [0, 0.05) is 22.8 Å². The van der Waals surface area contributed by atoms with E-state index in [4.69, 9.17) is 4.74 Å². The first-order valence-electron chi connectivity index (χ1n) is 5.49. The number of aromatic nitrogens is 1. The lowest BCUT2D eigenvalue weighted by Crippen LogP contribution is -1.90. The molecular formula is C14H14BrNO. The van der Waals surface area contributed by atoms with Crippen molar-refractivity contribution in [1.82, 2.24) is 4.98 Å². The molecule has 3 heteroatoms. The minimum atomic E-state index is 0.873. The second kappa shape index (κ2) is 5.82. The third kappa shape index (κ3) is 3.07. The first-order valence-corrected chi connectivity index (χ1v) is 6.61. The number of nitrogens with zero attached hydrogens (tertiary/aromatic N) is 1. The molecule has 0 aliphatic carbocycles. The molecule has 0 spiro atoms. The van der Waals surface area contributed by atoms with Gasteiger partial charge in [-0.1, -0.05) is 34.1 Å². The zero-order valence-corrected chi connectivity index (χ0v) is 11.3. The Hall–Kier alpha value is -1.35. The fraction of sp³-hybridized carbons (Fsp3) is 0.214. The van der Waals surface area contributed by atoms with Gasteiger partial charge in [-0.25, -0.2) is 0 Å². The molecular weight excluding hydrogens is 278 g/mol. The van der Waals surface area contributed by atoms with E-state index < -0.39 is 0 Å². The van der Waals surface area contributed by atoms with E-state index in [0.717, 1.165) is 34.3 Å². The minimum Gasteiger partial charge on any atom is -0.497 e. The van der Waals surface area contributed by atoms with E-state index >= 15 is 0 Å². The van der Waals surface area contributed by atoms with Gasteiger partial charge >= 0.3 is 0 Å². The van der Waals surface area contributed by atoms with E-state index in [0.29, 0.717) is 0 Å². The summed E-state index contributed by atoms with van der Waals surface area (Å²) in [5, 5.41) is 0.946. The van der Waals surface area contributed by atoms with Crippen molar-refractivity contribution in [2.24, 2.45) is 0 Å². The van der Waals surface area contributed by atoms with Gasteiger partial charge in [0.25, 0.3) is 0 Å². The van der Waals surface area contributed by atoms with Gasteiger partial charge in [-0.3, -0.25) is 4.98 Å². The van der Waals surface area contributed by atoms with Crippen LogP contribution in [0.5, 0.6) is 5.75 Å². The van der Waals surface area contributed by atoms with Crippen LogP contribution in [0.25, 0.3) is 11.1 Å². The quantitative estimate of drug-likeness (QED) is 0.802. The summed E-state index contributed by atoms with van der Waals surface area (Å²) in [6.07, 6.45) is 2.88. The molecule has 2 aromatic rings. The number of ether oxygens (including phenoxy) is 1. The highest BCUT2D eigenvalue weighted by Crippen LogP contribution is 2.21. The molecule has 2 rings (SSSR count). The summed E-state index contributed by atoms with van der Waals surface area (Å²) in [6.45, 7) is 0. The number of pyridine rings is 1. The summed E-state index contributed by atoms with van der Waals surface area (Å²) in [4.78, 5) is 4.43. The summed E-state index contributed by atoms with van der Waals surface area (Å²) in [6, 6.07) is 12.2. The number of methoxy groups -OCH3 is 1. The van der Waals surface area contributed by atoms with Crippen LogP contribution in [-0.2, 0) is 6.42 Å². The number of hydrogen-bond acceptors (Lipinski definition) is 2. The fourth-order valence-corrected chi connectivity index (χ4v) is 2.03. The molecule has 0 aliphatic rings. The van der Waals surface area contributed by atoms with Gasteiger partial charge in [-0.05, 0) is 30.2 Å². The summed E-state index contributed by atoms with van der Waals surface area (Å²) in [5.74, 6) is 0.873. The summed E-state index contributed by atoms with van der Waals surface area (Å²) >= 11 is 3.41. The van der Waals surface area contributed by atoms with Gasteiger partial charge in [0.15, 0.2) is 0 Å². The number of benzene rings is 1. The Kier molecular flexibility index (Phi) is 4.15. The maximum Gasteiger partial charge on any atom is 0.118 e. The van der Waals surface area contributed by atoms with E-state index in [-0.39, 0.29) is 0 Å². The van der Waals surface area contributed by atoms with Gasteiger partial charge in [-0.15, -0.1) is 0 Å². The SMILES string of the molecule is COc1ccc(-c2ccc(CCBr)nc2)cc1. The van der Waals surface area contributed by atoms with Crippen LogP contribution in [0.3, 0.4) is 0 Å². The molecule has 0 saturated carbocycles. The van der Waals surface area contributed by atoms with Crippen LogP contribution >= 0.6 is 15.9 Å². The molecule has 0 amide bonds. The molecule has 0 N–H and O–H groups in total. The second-order valence-corrected chi connectivity index (χ2v) is 4.50. The Bertz CT molecular complexity index is 465. The van der Waals surface area contributed by atoms with Crippen molar-refractivity contribution in [3.63, 3.8) is 0 Å². The smallest absolute Gasteiger partial charge is 0.118 e. The molecule has 0 radical (unpaired) electrons. The van der Waals surface area contributed by atoms with E-state index in [1.807, 2.05) is 30.5 Å². The van der Waals surface area contributed by atoms with Gasteiger partial charge in [0.05, 0.1) is 7.11 Å². The molecule has 17 heavy (non-hydrogen) atoms. The molecule has 0 saturated heterocycles. The number of halogens is 1. The maximum absolute atomic E-state index is 5.14. The Balaban J connectivity index is 2.20. The third-order valence-corrected chi connectivity index (χ3v) is 3.00. The molecule has 1 heterocycles. The fourth-order valence-electron chi connectivity index (χ4n) is 1.62. The van der Waals surface area contributed by atoms with Crippen LogP contribution in [0, 0.1) is 0 Å². The molecule has 0 unspecified atom stereocenters. The van der Waals surface area contributed by atoms with Crippen molar-refractivity contribution in [3.8, 4) is 16.9 Å². The predicted octanol–water partition coefficient (Wildman–Crippen LogP) is 3.69. The zero-order chi connectivity index (χ0) is 12.1. The minimum absolute atomic E-state index is 0.873. The number of aryl methyl sites for hydroxylation is 1. The standard InChI is InChI=1S/C14H14BrNO/c1-17-14-6-3-11(4-7-14)12-2-5-13(8-9-15)16-10-12/h2-7,10H,8-9H2,1H3. The van der Waals surface area contributed by atoms with Crippen molar-refractivity contribution in [2.75, 3.05) is 12.4 Å². The van der Waals surface area contributed by atoms with Gasteiger partial charge < -0.3 is 4.74 Å². The molecule has 2 nitrogen and oxygen atoms in total. The second-order valence-electron chi connectivity index (χ2n) is 3.71.